The van der Waals surface area contributed by atoms with Crippen LogP contribution in [-0.4, -0.2) is 31.8 Å². The number of rotatable bonds is 2. The summed E-state index contributed by atoms with van der Waals surface area (Å²) in [5.74, 6) is -0.811. The van der Waals surface area contributed by atoms with Crippen LogP contribution in [0.4, 0.5) is 0 Å². The molecule has 1 aliphatic heterocycles. The minimum atomic E-state index is -0.811. The fourth-order valence-electron chi connectivity index (χ4n) is 2.46. The van der Waals surface area contributed by atoms with E-state index in [1.165, 1.54) is 6.33 Å². The number of carboxylic acid groups (broad SMARTS) is 1. The third-order valence-electron chi connectivity index (χ3n) is 3.51. The van der Waals surface area contributed by atoms with E-state index in [1.807, 2.05) is 32.0 Å². The fourth-order valence-corrected chi connectivity index (χ4v) is 3.86. The van der Waals surface area contributed by atoms with E-state index in [4.69, 9.17) is 0 Å². The highest BCUT2D eigenvalue weighted by Gasteiger charge is 2.45. The van der Waals surface area contributed by atoms with Crippen LogP contribution in [0.15, 0.2) is 30.7 Å². The van der Waals surface area contributed by atoms with Gasteiger partial charge in [0.2, 0.25) is 0 Å². The zero-order valence-corrected chi connectivity index (χ0v) is 12.0. The minimum Gasteiger partial charge on any atom is -0.480 e. The lowest BCUT2D eigenvalue weighted by Crippen LogP contribution is -2.43. The zero-order valence-electron chi connectivity index (χ0n) is 11.2. The molecule has 2 N–H and O–H groups in total. The van der Waals surface area contributed by atoms with Gasteiger partial charge >= 0.3 is 5.97 Å². The van der Waals surface area contributed by atoms with Crippen molar-refractivity contribution in [2.24, 2.45) is 0 Å². The molecule has 0 saturated carbocycles. The summed E-state index contributed by atoms with van der Waals surface area (Å²) >= 11 is 1.63. The maximum atomic E-state index is 11.3. The first kappa shape index (κ1) is 13.3. The number of nitrogens with one attached hydrogen (secondary N) is 1. The van der Waals surface area contributed by atoms with Crippen molar-refractivity contribution in [1.82, 2.24) is 15.3 Å². The minimum absolute atomic E-state index is 0.0318. The number of aliphatic carboxylic acids is 1. The molecule has 0 bridgehead atoms. The summed E-state index contributed by atoms with van der Waals surface area (Å²) in [6.07, 6.45) is 3.29. The lowest BCUT2D eigenvalue weighted by Gasteiger charge is -2.20. The number of hydrogen-bond donors (Lipinski definition) is 2. The SMILES string of the molecule is CC1(C)SC(c2ccc3ncncc3c2)N[C@H]1C(=O)O. The smallest absolute Gasteiger partial charge is 0.322 e. The van der Waals surface area contributed by atoms with Gasteiger partial charge in [0.25, 0.3) is 0 Å². The molecule has 2 atom stereocenters. The average Bonchev–Trinajstić information content (AvgIpc) is 2.74. The Hall–Kier alpha value is -1.66. The van der Waals surface area contributed by atoms with Crippen LogP contribution in [0.25, 0.3) is 10.9 Å². The van der Waals surface area contributed by atoms with Crippen LogP contribution in [0.3, 0.4) is 0 Å². The summed E-state index contributed by atoms with van der Waals surface area (Å²) in [6, 6.07) is 5.39. The Bertz CT molecular complexity index is 674. The van der Waals surface area contributed by atoms with Crippen molar-refractivity contribution >= 4 is 28.6 Å². The number of nitrogens with zero attached hydrogens (tertiary/aromatic N) is 2. The molecule has 1 unspecified atom stereocenters. The number of benzene rings is 1. The molecule has 0 aliphatic carbocycles. The third kappa shape index (κ3) is 2.25. The Kier molecular flexibility index (Phi) is 3.14. The molecule has 1 aromatic heterocycles. The van der Waals surface area contributed by atoms with E-state index < -0.39 is 12.0 Å². The lowest BCUT2D eigenvalue weighted by atomic mass is 10.0. The molecule has 2 heterocycles. The van der Waals surface area contributed by atoms with Gasteiger partial charge in [-0.1, -0.05) is 6.07 Å². The first-order chi connectivity index (χ1) is 9.47. The zero-order chi connectivity index (χ0) is 14.3. The highest BCUT2D eigenvalue weighted by atomic mass is 32.2. The summed E-state index contributed by atoms with van der Waals surface area (Å²) < 4.78 is -0.349. The standard InChI is InChI=1S/C14H15N3O2S/c1-14(2)11(13(18)19)17-12(20-14)8-3-4-10-9(5-8)6-15-7-16-10/h3-7,11-12,17H,1-2H3,(H,18,19)/t11-,12?/m0/s1. The van der Waals surface area contributed by atoms with Crippen LogP contribution in [0, 0.1) is 0 Å². The second-order valence-corrected chi connectivity index (χ2v) is 7.14. The first-order valence-corrected chi connectivity index (χ1v) is 7.22. The molecular formula is C14H15N3O2S. The monoisotopic (exact) mass is 289 g/mol. The molecule has 1 aromatic carbocycles. The van der Waals surface area contributed by atoms with E-state index in [1.54, 1.807) is 18.0 Å². The summed E-state index contributed by atoms with van der Waals surface area (Å²) in [7, 11) is 0. The summed E-state index contributed by atoms with van der Waals surface area (Å²) in [6.45, 7) is 3.90. The van der Waals surface area contributed by atoms with Crippen molar-refractivity contribution in [1.29, 1.82) is 0 Å². The number of carbonyl (C=O) groups is 1. The predicted molar refractivity (Wildman–Crippen MR) is 78.5 cm³/mol. The number of fused-ring (bicyclic) bond motifs is 1. The van der Waals surface area contributed by atoms with Crippen LogP contribution >= 0.6 is 11.8 Å². The van der Waals surface area contributed by atoms with Crippen molar-refractivity contribution in [3.8, 4) is 0 Å². The predicted octanol–water partition coefficient (Wildman–Crippen LogP) is 2.20. The lowest BCUT2D eigenvalue weighted by molar-refractivity contribution is -0.139. The summed E-state index contributed by atoms with van der Waals surface area (Å²) in [4.78, 5) is 19.5. The molecule has 5 nitrogen and oxygen atoms in total. The van der Waals surface area contributed by atoms with Crippen molar-refractivity contribution in [2.75, 3.05) is 0 Å². The van der Waals surface area contributed by atoms with E-state index in [0.717, 1.165) is 16.5 Å². The normalized spacial score (nSPS) is 24.9. The molecule has 1 aliphatic rings. The Morgan fingerprint density at radius 1 is 1.45 bits per heavy atom. The fraction of sp³-hybridized carbons (Fsp3) is 0.357. The van der Waals surface area contributed by atoms with Crippen molar-refractivity contribution in [2.45, 2.75) is 30.0 Å². The molecule has 3 rings (SSSR count). The van der Waals surface area contributed by atoms with Gasteiger partial charge in [0.1, 0.15) is 12.4 Å². The molecule has 0 radical (unpaired) electrons. The average molecular weight is 289 g/mol. The molecule has 6 heteroatoms. The van der Waals surface area contributed by atoms with Crippen molar-refractivity contribution in [3.63, 3.8) is 0 Å². The van der Waals surface area contributed by atoms with Gasteiger partial charge in [-0.05, 0) is 31.5 Å². The Morgan fingerprint density at radius 2 is 2.25 bits per heavy atom. The number of thioether (sulfide) groups is 1. The second kappa shape index (κ2) is 4.71. The van der Waals surface area contributed by atoms with E-state index in [9.17, 15) is 9.90 Å². The maximum absolute atomic E-state index is 11.3. The number of carboxylic acids is 1. The van der Waals surface area contributed by atoms with Gasteiger partial charge in [-0.2, -0.15) is 0 Å². The molecule has 1 fully saturated rings. The van der Waals surface area contributed by atoms with Gasteiger partial charge < -0.3 is 5.11 Å². The first-order valence-electron chi connectivity index (χ1n) is 6.34. The van der Waals surface area contributed by atoms with Crippen LogP contribution in [-0.2, 0) is 4.79 Å². The molecule has 2 aromatic rings. The van der Waals surface area contributed by atoms with Gasteiger partial charge in [-0.25, -0.2) is 9.97 Å². The molecular weight excluding hydrogens is 274 g/mol. The van der Waals surface area contributed by atoms with E-state index >= 15 is 0 Å². The Morgan fingerprint density at radius 3 is 2.95 bits per heavy atom. The third-order valence-corrected chi connectivity index (χ3v) is 5.00. The molecule has 0 spiro atoms. The van der Waals surface area contributed by atoms with Crippen LogP contribution in [0.2, 0.25) is 0 Å². The number of hydrogen-bond acceptors (Lipinski definition) is 5. The van der Waals surface area contributed by atoms with E-state index in [-0.39, 0.29) is 10.1 Å². The van der Waals surface area contributed by atoms with Gasteiger partial charge in [0.15, 0.2) is 0 Å². The molecule has 1 saturated heterocycles. The van der Waals surface area contributed by atoms with Crippen molar-refractivity contribution in [3.05, 3.63) is 36.3 Å². The maximum Gasteiger partial charge on any atom is 0.322 e. The Balaban J connectivity index is 1.94. The Labute approximate surface area is 120 Å². The largest absolute Gasteiger partial charge is 0.480 e. The van der Waals surface area contributed by atoms with Crippen LogP contribution in [0.1, 0.15) is 24.8 Å². The molecule has 104 valence electrons. The molecule has 20 heavy (non-hydrogen) atoms. The topological polar surface area (TPSA) is 75.1 Å². The number of aromatic nitrogens is 2. The van der Waals surface area contributed by atoms with Gasteiger partial charge in [-0.15, -0.1) is 11.8 Å². The van der Waals surface area contributed by atoms with Gasteiger partial charge in [-0.3, -0.25) is 10.1 Å². The van der Waals surface area contributed by atoms with Gasteiger partial charge in [0.05, 0.1) is 10.9 Å². The van der Waals surface area contributed by atoms with E-state index in [0.29, 0.717) is 0 Å². The molecule has 0 amide bonds. The van der Waals surface area contributed by atoms with E-state index in [2.05, 4.69) is 15.3 Å². The van der Waals surface area contributed by atoms with Gasteiger partial charge in [0, 0.05) is 16.3 Å². The highest BCUT2D eigenvalue weighted by molar-refractivity contribution is 8.01. The van der Waals surface area contributed by atoms with Crippen molar-refractivity contribution < 1.29 is 9.90 Å². The second-order valence-electron chi connectivity index (χ2n) is 5.38. The van der Waals surface area contributed by atoms with Crippen LogP contribution in [0.5, 0.6) is 0 Å². The highest BCUT2D eigenvalue weighted by Crippen LogP contribution is 2.45. The summed E-state index contributed by atoms with van der Waals surface area (Å²) in [5, 5.41) is 13.4. The summed E-state index contributed by atoms with van der Waals surface area (Å²) in [5.41, 5.74) is 1.94. The quantitative estimate of drug-likeness (QED) is 0.882. The van der Waals surface area contributed by atoms with Crippen LogP contribution < -0.4 is 5.32 Å².